The summed E-state index contributed by atoms with van der Waals surface area (Å²) in [5.74, 6) is 0. The maximum absolute atomic E-state index is 6.78. The van der Waals surface area contributed by atoms with Crippen LogP contribution in [0.15, 0.2) is 91.3 Å². The van der Waals surface area contributed by atoms with Gasteiger partial charge in [0.05, 0.1) is 16.1 Å². The first-order valence-corrected chi connectivity index (χ1v) is 9.17. The maximum atomic E-state index is 6.78. The average Bonchev–Trinajstić information content (AvgIpc) is 2.74. The van der Waals surface area contributed by atoms with Gasteiger partial charge in [-0.2, -0.15) is 0 Å². The van der Waals surface area contributed by atoms with Gasteiger partial charge in [-0.25, -0.2) is 0 Å². The predicted molar refractivity (Wildman–Crippen MR) is 113 cm³/mol. The SMILES string of the molecule is Clc1cc2c(-c3ccccc3)ccnc2c2nccc(-c3ccccc3)c12. The van der Waals surface area contributed by atoms with Gasteiger partial charge in [0.25, 0.3) is 0 Å². The minimum atomic E-state index is 0.689. The zero-order chi connectivity index (χ0) is 18.2. The summed E-state index contributed by atoms with van der Waals surface area (Å²) in [5, 5.41) is 2.64. The van der Waals surface area contributed by atoms with Gasteiger partial charge in [0.2, 0.25) is 0 Å². The van der Waals surface area contributed by atoms with Crippen molar-refractivity contribution in [3.8, 4) is 22.3 Å². The monoisotopic (exact) mass is 366 g/mol. The third-order valence-corrected chi connectivity index (χ3v) is 5.14. The summed E-state index contributed by atoms with van der Waals surface area (Å²) in [6.45, 7) is 0. The molecule has 5 aromatic rings. The van der Waals surface area contributed by atoms with Gasteiger partial charge >= 0.3 is 0 Å². The molecule has 0 bridgehead atoms. The lowest BCUT2D eigenvalue weighted by atomic mass is 9.96. The van der Waals surface area contributed by atoms with E-state index in [1.165, 1.54) is 0 Å². The predicted octanol–water partition coefficient (Wildman–Crippen LogP) is 6.77. The van der Waals surface area contributed by atoms with Crippen molar-refractivity contribution in [1.29, 1.82) is 0 Å². The van der Waals surface area contributed by atoms with Crippen LogP contribution < -0.4 is 0 Å². The van der Waals surface area contributed by atoms with Crippen LogP contribution >= 0.6 is 11.6 Å². The highest BCUT2D eigenvalue weighted by Crippen LogP contribution is 2.39. The highest BCUT2D eigenvalue weighted by Gasteiger charge is 2.15. The van der Waals surface area contributed by atoms with Crippen molar-refractivity contribution in [3.05, 3.63) is 96.3 Å². The fraction of sp³-hybridized carbons (Fsp3) is 0. The fourth-order valence-corrected chi connectivity index (χ4v) is 3.92. The van der Waals surface area contributed by atoms with E-state index in [1.54, 1.807) is 0 Å². The smallest absolute Gasteiger partial charge is 0.0986 e. The molecule has 0 amide bonds. The Morgan fingerprint density at radius 3 is 1.81 bits per heavy atom. The third-order valence-electron chi connectivity index (χ3n) is 4.84. The van der Waals surface area contributed by atoms with Crippen LogP contribution in [0.25, 0.3) is 44.1 Å². The van der Waals surface area contributed by atoms with Gasteiger partial charge in [-0.15, -0.1) is 0 Å². The largest absolute Gasteiger partial charge is 0.254 e. The zero-order valence-corrected chi connectivity index (χ0v) is 15.2. The van der Waals surface area contributed by atoms with Crippen LogP contribution in [0.1, 0.15) is 0 Å². The van der Waals surface area contributed by atoms with Crippen LogP contribution in [0, 0.1) is 0 Å². The topological polar surface area (TPSA) is 25.8 Å². The Balaban J connectivity index is 1.88. The second-order valence-electron chi connectivity index (χ2n) is 6.43. The first kappa shape index (κ1) is 16.0. The second kappa shape index (κ2) is 6.49. The van der Waals surface area contributed by atoms with E-state index in [4.69, 9.17) is 11.6 Å². The average molecular weight is 367 g/mol. The molecule has 0 aliphatic heterocycles. The van der Waals surface area contributed by atoms with Gasteiger partial charge in [0.15, 0.2) is 0 Å². The van der Waals surface area contributed by atoms with Crippen LogP contribution in [0.4, 0.5) is 0 Å². The highest BCUT2D eigenvalue weighted by atomic mass is 35.5. The summed E-state index contributed by atoms with van der Waals surface area (Å²) in [7, 11) is 0. The van der Waals surface area contributed by atoms with E-state index in [0.717, 1.165) is 44.1 Å². The van der Waals surface area contributed by atoms with E-state index >= 15 is 0 Å². The van der Waals surface area contributed by atoms with E-state index in [2.05, 4.69) is 34.2 Å². The molecule has 0 unspecified atom stereocenters. The second-order valence-corrected chi connectivity index (χ2v) is 6.83. The Morgan fingerprint density at radius 2 is 1.15 bits per heavy atom. The summed E-state index contributed by atoms with van der Waals surface area (Å²) in [6, 6.07) is 26.6. The number of hydrogen-bond donors (Lipinski definition) is 0. The van der Waals surface area contributed by atoms with E-state index in [0.29, 0.717) is 5.02 Å². The van der Waals surface area contributed by atoms with Crippen LogP contribution in [-0.4, -0.2) is 9.97 Å². The molecule has 2 nitrogen and oxygen atoms in total. The number of fused-ring (bicyclic) bond motifs is 3. The van der Waals surface area contributed by atoms with Crippen molar-refractivity contribution in [2.75, 3.05) is 0 Å². The minimum absolute atomic E-state index is 0.689. The standard InChI is InChI=1S/C24H15ClN2/c25-21-15-20-18(16-7-3-1-4-8-16)11-13-26-23(20)24-22(21)19(12-14-27-24)17-9-5-2-6-10-17/h1-15H. The summed E-state index contributed by atoms with van der Waals surface area (Å²) < 4.78 is 0. The molecule has 0 aliphatic rings. The molecule has 2 heterocycles. The first-order chi connectivity index (χ1) is 13.3. The quantitative estimate of drug-likeness (QED) is 0.322. The number of rotatable bonds is 2. The fourth-order valence-electron chi connectivity index (χ4n) is 3.62. The van der Waals surface area contributed by atoms with Gasteiger partial charge in [0.1, 0.15) is 0 Å². The van der Waals surface area contributed by atoms with Crippen LogP contribution in [0.2, 0.25) is 5.02 Å². The maximum Gasteiger partial charge on any atom is 0.0986 e. The molecule has 0 radical (unpaired) electrons. The molecule has 0 fully saturated rings. The van der Waals surface area contributed by atoms with E-state index < -0.39 is 0 Å². The molecule has 27 heavy (non-hydrogen) atoms. The first-order valence-electron chi connectivity index (χ1n) is 8.80. The summed E-state index contributed by atoms with van der Waals surface area (Å²) in [4.78, 5) is 9.29. The number of nitrogens with zero attached hydrogens (tertiary/aromatic N) is 2. The van der Waals surface area contributed by atoms with E-state index in [9.17, 15) is 0 Å². The van der Waals surface area contributed by atoms with Crippen molar-refractivity contribution in [2.45, 2.75) is 0 Å². The molecule has 3 heteroatoms. The van der Waals surface area contributed by atoms with Crippen LogP contribution in [0.3, 0.4) is 0 Å². The van der Waals surface area contributed by atoms with E-state index in [1.807, 2.05) is 67.0 Å². The zero-order valence-electron chi connectivity index (χ0n) is 14.4. The number of benzene rings is 3. The molecule has 0 spiro atoms. The van der Waals surface area contributed by atoms with Crippen molar-refractivity contribution in [1.82, 2.24) is 9.97 Å². The van der Waals surface area contributed by atoms with Gasteiger partial charge < -0.3 is 0 Å². The van der Waals surface area contributed by atoms with Gasteiger partial charge in [-0.1, -0.05) is 72.3 Å². The lowest BCUT2D eigenvalue weighted by molar-refractivity contribution is 1.37. The summed E-state index contributed by atoms with van der Waals surface area (Å²) >= 11 is 6.78. The Morgan fingerprint density at radius 1 is 0.593 bits per heavy atom. The molecular formula is C24H15ClN2. The summed E-state index contributed by atoms with van der Waals surface area (Å²) in [6.07, 6.45) is 3.67. The van der Waals surface area contributed by atoms with E-state index in [-0.39, 0.29) is 0 Å². The van der Waals surface area contributed by atoms with Gasteiger partial charge in [-0.3, -0.25) is 9.97 Å². The molecule has 0 N–H and O–H groups in total. The molecule has 3 aromatic carbocycles. The molecular weight excluding hydrogens is 352 g/mol. The molecule has 0 saturated carbocycles. The van der Waals surface area contributed by atoms with Crippen molar-refractivity contribution >= 4 is 33.4 Å². The molecule has 0 aliphatic carbocycles. The molecule has 5 rings (SSSR count). The molecule has 0 atom stereocenters. The molecule has 2 aromatic heterocycles. The lowest BCUT2D eigenvalue weighted by Crippen LogP contribution is -1.91. The molecule has 0 saturated heterocycles. The minimum Gasteiger partial charge on any atom is -0.254 e. The van der Waals surface area contributed by atoms with Crippen molar-refractivity contribution < 1.29 is 0 Å². The van der Waals surface area contributed by atoms with Crippen molar-refractivity contribution in [3.63, 3.8) is 0 Å². The van der Waals surface area contributed by atoms with Gasteiger partial charge in [-0.05, 0) is 40.5 Å². The molecule has 128 valence electrons. The number of aromatic nitrogens is 2. The number of halogens is 1. The normalized spacial score (nSPS) is 11.1. The van der Waals surface area contributed by atoms with Gasteiger partial charge in [0, 0.05) is 23.2 Å². The Hall–Kier alpha value is -3.23. The highest BCUT2D eigenvalue weighted by molar-refractivity contribution is 6.38. The Bertz CT molecular complexity index is 1270. The Labute approximate surface area is 162 Å². The third kappa shape index (κ3) is 2.66. The lowest BCUT2D eigenvalue weighted by Gasteiger charge is -2.12. The van der Waals surface area contributed by atoms with Crippen LogP contribution in [0.5, 0.6) is 0 Å². The number of pyridine rings is 2. The summed E-state index contributed by atoms with van der Waals surface area (Å²) in [5.41, 5.74) is 6.13. The van der Waals surface area contributed by atoms with Crippen molar-refractivity contribution in [2.24, 2.45) is 0 Å². The number of hydrogen-bond acceptors (Lipinski definition) is 2. The Kier molecular flexibility index (Phi) is 3.84. The van der Waals surface area contributed by atoms with Crippen LogP contribution in [-0.2, 0) is 0 Å².